The van der Waals surface area contributed by atoms with E-state index in [9.17, 15) is 4.79 Å². The van der Waals surface area contributed by atoms with Crippen molar-refractivity contribution in [2.24, 2.45) is 17.6 Å². The lowest BCUT2D eigenvalue weighted by atomic mass is 9.90. The van der Waals surface area contributed by atoms with Crippen molar-refractivity contribution in [1.82, 2.24) is 4.90 Å². The highest BCUT2D eigenvalue weighted by molar-refractivity contribution is 5.82. The lowest BCUT2D eigenvalue weighted by molar-refractivity contribution is -0.135. The lowest BCUT2D eigenvalue weighted by Crippen LogP contribution is -2.49. The molecule has 2 rings (SSSR count). The number of carbonyl (C=O) groups is 1. The van der Waals surface area contributed by atoms with Gasteiger partial charge in [0.2, 0.25) is 5.91 Å². The molecule has 0 saturated carbocycles. The van der Waals surface area contributed by atoms with Crippen LogP contribution in [0.4, 0.5) is 0 Å². The van der Waals surface area contributed by atoms with E-state index in [0.29, 0.717) is 0 Å². The fraction of sp³-hybridized carbons (Fsp3) is 0.632. The molecule has 1 fully saturated rings. The molecule has 0 aromatic heterocycles. The van der Waals surface area contributed by atoms with E-state index in [4.69, 9.17) is 5.73 Å². The molecule has 1 aromatic carbocycles. The molecule has 1 heterocycles. The normalized spacial score (nSPS) is 17.8. The fourth-order valence-corrected chi connectivity index (χ4v) is 3.06. The monoisotopic (exact) mass is 302 g/mol. The Morgan fingerprint density at radius 3 is 2.36 bits per heavy atom. The minimum absolute atomic E-state index is 0.131. The Kier molecular flexibility index (Phi) is 6.01. The quantitative estimate of drug-likeness (QED) is 0.908. The molecule has 122 valence electrons. The first-order valence-corrected chi connectivity index (χ1v) is 8.57. The third-order valence-electron chi connectivity index (χ3n) is 4.89. The van der Waals surface area contributed by atoms with Crippen LogP contribution in [0.5, 0.6) is 0 Å². The highest BCUT2D eigenvalue weighted by Crippen LogP contribution is 2.23. The molecular weight excluding hydrogens is 272 g/mol. The molecule has 22 heavy (non-hydrogen) atoms. The Bertz CT molecular complexity index is 473. The summed E-state index contributed by atoms with van der Waals surface area (Å²) in [6.45, 7) is 7.89. The van der Waals surface area contributed by atoms with E-state index < -0.39 is 0 Å². The summed E-state index contributed by atoms with van der Waals surface area (Å²) in [6, 6.07) is 8.49. The summed E-state index contributed by atoms with van der Waals surface area (Å²) in [5, 5.41) is 0. The molecule has 0 radical (unpaired) electrons. The number of aryl methyl sites for hydroxylation is 2. The molecule has 1 aliphatic rings. The summed E-state index contributed by atoms with van der Waals surface area (Å²) in [4.78, 5) is 14.2. The van der Waals surface area contributed by atoms with E-state index in [2.05, 4.69) is 31.2 Å². The van der Waals surface area contributed by atoms with Gasteiger partial charge < -0.3 is 10.6 Å². The average molecular weight is 302 g/mol. The minimum atomic E-state index is -0.343. The number of hydrogen-bond donors (Lipinski definition) is 1. The molecule has 1 amide bonds. The van der Waals surface area contributed by atoms with Gasteiger partial charge in [0.1, 0.15) is 0 Å². The molecule has 1 aromatic rings. The Balaban J connectivity index is 1.75. The van der Waals surface area contributed by atoms with Crippen LogP contribution in [0.15, 0.2) is 24.3 Å². The van der Waals surface area contributed by atoms with Crippen molar-refractivity contribution in [3.05, 3.63) is 35.4 Å². The van der Waals surface area contributed by atoms with Crippen LogP contribution in [-0.2, 0) is 11.2 Å². The molecule has 0 aliphatic carbocycles. The van der Waals surface area contributed by atoms with Crippen LogP contribution in [0, 0.1) is 18.8 Å². The summed E-state index contributed by atoms with van der Waals surface area (Å²) in [7, 11) is 0. The zero-order chi connectivity index (χ0) is 16.1. The van der Waals surface area contributed by atoms with Crippen molar-refractivity contribution >= 4 is 5.91 Å². The second-order valence-corrected chi connectivity index (χ2v) is 7.06. The second-order valence-electron chi connectivity index (χ2n) is 7.06. The zero-order valence-corrected chi connectivity index (χ0v) is 14.2. The smallest absolute Gasteiger partial charge is 0.239 e. The zero-order valence-electron chi connectivity index (χ0n) is 14.2. The second kappa shape index (κ2) is 7.77. The van der Waals surface area contributed by atoms with Crippen molar-refractivity contribution in [2.75, 3.05) is 13.1 Å². The number of nitrogens with zero attached hydrogens (tertiary/aromatic N) is 1. The lowest BCUT2D eigenvalue weighted by Gasteiger charge is -2.34. The molecule has 0 bridgehead atoms. The van der Waals surface area contributed by atoms with E-state index in [1.165, 1.54) is 17.5 Å². The van der Waals surface area contributed by atoms with E-state index in [1.807, 2.05) is 18.7 Å². The van der Waals surface area contributed by atoms with Gasteiger partial charge in [-0.2, -0.15) is 0 Å². The van der Waals surface area contributed by atoms with Gasteiger partial charge in [-0.15, -0.1) is 0 Å². The largest absolute Gasteiger partial charge is 0.341 e. The topological polar surface area (TPSA) is 46.3 Å². The Hall–Kier alpha value is -1.35. The van der Waals surface area contributed by atoms with Crippen molar-refractivity contribution < 1.29 is 4.79 Å². The first kappa shape index (κ1) is 17.0. The summed E-state index contributed by atoms with van der Waals surface area (Å²) < 4.78 is 0. The molecule has 0 spiro atoms. The predicted molar refractivity (Wildman–Crippen MR) is 91.6 cm³/mol. The van der Waals surface area contributed by atoms with Crippen LogP contribution < -0.4 is 5.73 Å². The first-order valence-electron chi connectivity index (χ1n) is 8.57. The Morgan fingerprint density at radius 1 is 1.23 bits per heavy atom. The van der Waals surface area contributed by atoms with E-state index in [1.54, 1.807) is 0 Å². The van der Waals surface area contributed by atoms with Gasteiger partial charge in [-0.25, -0.2) is 0 Å². The minimum Gasteiger partial charge on any atom is -0.341 e. The van der Waals surface area contributed by atoms with Crippen LogP contribution in [0.2, 0.25) is 0 Å². The maximum Gasteiger partial charge on any atom is 0.239 e. The standard InChI is InChI=1S/C19H30N2O/c1-14(2)18(20)19(22)21-12-10-17(11-13-21)9-8-16-6-4-15(3)5-7-16/h4-7,14,17-18H,8-13,20H2,1-3H3. The van der Waals surface area contributed by atoms with Gasteiger partial charge in [0, 0.05) is 13.1 Å². The summed E-state index contributed by atoms with van der Waals surface area (Å²) in [6.07, 6.45) is 4.59. The van der Waals surface area contributed by atoms with Gasteiger partial charge in [-0.3, -0.25) is 4.79 Å². The first-order chi connectivity index (χ1) is 10.5. The van der Waals surface area contributed by atoms with Crippen molar-refractivity contribution in [1.29, 1.82) is 0 Å². The van der Waals surface area contributed by atoms with Crippen molar-refractivity contribution in [3.8, 4) is 0 Å². The predicted octanol–water partition coefficient (Wildman–Crippen LogP) is 3.15. The highest BCUT2D eigenvalue weighted by Gasteiger charge is 2.27. The number of benzene rings is 1. The maximum absolute atomic E-state index is 12.3. The maximum atomic E-state index is 12.3. The van der Waals surface area contributed by atoms with Gasteiger partial charge in [0.15, 0.2) is 0 Å². The molecule has 1 saturated heterocycles. The van der Waals surface area contributed by atoms with E-state index in [0.717, 1.165) is 38.3 Å². The van der Waals surface area contributed by atoms with Gasteiger partial charge in [-0.05, 0) is 50.0 Å². The molecular formula is C19H30N2O. The highest BCUT2D eigenvalue weighted by atomic mass is 16.2. The molecule has 1 atom stereocenters. The van der Waals surface area contributed by atoms with Gasteiger partial charge in [-0.1, -0.05) is 43.7 Å². The molecule has 1 unspecified atom stereocenters. The average Bonchev–Trinajstić information content (AvgIpc) is 2.53. The van der Waals surface area contributed by atoms with Crippen molar-refractivity contribution in [2.45, 2.75) is 52.5 Å². The van der Waals surface area contributed by atoms with Gasteiger partial charge in [0.25, 0.3) is 0 Å². The molecule has 3 nitrogen and oxygen atoms in total. The van der Waals surface area contributed by atoms with Crippen LogP contribution in [0.1, 0.15) is 44.2 Å². The number of amides is 1. The number of nitrogens with two attached hydrogens (primary N) is 1. The third-order valence-corrected chi connectivity index (χ3v) is 4.89. The number of rotatable bonds is 5. The van der Waals surface area contributed by atoms with E-state index >= 15 is 0 Å². The molecule has 3 heteroatoms. The number of piperidine rings is 1. The Morgan fingerprint density at radius 2 is 1.82 bits per heavy atom. The number of carbonyl (C=O) groups excluding carboxylic acids is 1. The third kappa shape index (κ3) is 4.57. The SMILES string of the molecule is Cc1ccc(CCC2CCN(C(=O)C(N)C(C)C)CC2)cc1. The van der Waals surface area contributed by atoms with Crippen molar-refractivity contribution in [3.63, 3.8) is 0 Å². The van der Waals surface area contributed by atoms with Crippen LogP contribution in [0.3, 0.4) is 0 Å². The van der Waals surface area contributed by atoms with Gasteiger partial charge in [0.05, 0.1) is 6.04 Å². The molecule has 1 aliphatic heterocycles. The summed E-state index contributed by atoms with van der Waals surface area (Å²) >= 11 is 0. The van der Waals surface area contributed by atoms with Crippen LogP contribution in [-0.4, -0.2) is 29.9 Å². The van der Waals surface area contributed by atoms with Gasteiger partial charge >= 0.3 is 0 Å². The molecule has 2 N–H and O–H groups in total. The summed E-state index contributed by atoms with van der Waals surface area (Å²) in [5.74, 6) is 1.08. The number of likely N-dealkylation sites (tertiary alicyclic amines) is 1. The number of hydrogen-bond acceptors (Lipinski definition) is 2. The summed E-state index contributed by atoms with van der Waals surface area (Å²) in [5.41, 5.74) is 8.72. The fourth-order valence-electron chi connectivity index (χ4n) is 3.06. The van der Waals surface area contributed by atoms with Crippen LogP contribution in [0.25, 0.3) is 0 Å². The van der Waals surface area contributed by atoms with Crippen LogP contribution >= 0.6 is 0 Å². The van der Waals surface area contributed by atoms with E-state index in [-0.39, 0.29) is 17.9 Å². The Labute approximate surface area is 134 Å².